The first-order chi connectivity index (χ1) is 12.1. The van der Waals surface area contributed by atoms with Crippen LogP contribution in [0.2, 0.25) is 0 Å². The van der Waals surface area contributed by atoms with E-state index in [1.807, 2.05) is 25.1 Å². The molecule has 1 fully saturated rings. The molecule has 1 aliphatic rings. The Morgan fingerprint density at radius 2 is 2.28 bits per heavy atom. The van der Waals surface area contributed by atoms with Crippen molar-refractivity contribution >= 4 is 11.7 Å². The maximum absolute atomic E-state index is 12.5. The number of hydrogen-bond donors (Lipinski definition) is 2. The summed E-state index contributed by atoms with van der Waals surface area (Å²) in [6.45, 7) is 5.54. The van der Waals surface area contributed by atoms with Crippen LogP contribution < -0.4 is 16.3 Å². The van der Waals surface area contributed by atoms with Gasteiger partial charge in [-0.1, -0.05) is 13.0 Å². The van der Waals surface area contributed by atoms with Crippen molar-refractivity contribution in [3.63, 3.8) is 0 Å². The van der Waals surface area contributed by atoms with Crippen LogP contribution in [-0.4, -0.2) is 24.0 Å². The van der Waals surface area contributed by atoms with E-state index in [1.165, 1.54) is 0 Å². The summed E-state index contributed by atoms with van der Waals surface area (Å²) in [6.07, 6.45) is 2.80. The van der Waals surface area contributed by atoms with Crippen LogP contribution in [0, 0.1) is 6.92 Å². The van der Waals surface area contributed by atoms with E-state index in [0.29, 0.717) is 17.1 Å². The Hall–Kier alpha value is -2.47. The van der Waals surface area contributed by atoms with Gasteiger partial charge in [-0.25, -0.2) is 9.78 Å². The Kier molecular flexibility index (Phi) is 5.28. The van der Waals surface area contributed by atoms with E-state index in [-0.39, 0.29) is 11.5 Å². The van der Waals surface area contributed by atoms with Gasteiger partial charge in [-0.15, -0.1) is 0 Å². The molecule has 1 unspecified atom stereocenters. The molecule has 0 radical (unpaired) electrons. The van der Waals surface area contributed by atoms with Gasteiger partial charge >= 0.3 is 5.63 Å². The molecule has 1 atom stereocenters. The van der Waals surface area contributed by atoms with Crippen LogP contribution in [0.3, 0.4) is 0 Å². The van der Waals surface area contributed by atoms with Crippen LogP contribution in [0.15, 0.2) is 33.5 Å². The molecule has 2 aromatic heterocycles. The molecular formula is C19H23N3O3. The number of piperidine rings is 1. The molecule has 2 N–H and O–H groups in total. The smallest absolute Gasteiger partial charge is 0.349 e. The molecule has 1 amide bonds. The molecule has 0 spiro atoms. The van der Waals surface area contributed by atoms with Crippen LogP contribution in [0.5, 0.6) is 0 Å². The lowest BCUT2D eigenvalue weighted by Crippen LogP contribution is -2.30. The Morgan fingerprint density at radius 3 is 2.96 bits per heavy atom. The first kappa shape index (κ1) is 17.4. The molecule has 0 bridgehead atoms. The summed E-state index contributed by atoms with van der Waals surface area (Å²) in [5.74, 6) is 0.779. The molecule has 3 heterocycles. The van der Waals surface area contributed by atoms with Gasteiger partial charge in [0.25, 0.3) is 5.91 Å². The number of aromatic nitrogens is 1. The highest BCUT2D eigenvalue weighted by molar-refractivity contribution is 6.04. The molecule has 3 rings (SSSR count). The SMILES string of the molecule is CCc1cccc(NC(=O)c2c(C)cc(C3CCCNC3)oc2=O)n1. The lowest BCUT2D eigenvalue weighted by Gasteiger charge is -2.22. The van der Waals surface area contributed by atoms with Crippen molar-refractivity contribution in [2.24, 2.45) is 0 Å². The second kappa shape index (κ2) is 7.61. The van der Waals surface area contributed by atoms with Crippen LogP contribution in [0.1, 0.15) is 53.1 Å². The monoisotopic (exact) mass is 341 g/mol. The van der Waals surface area contributed by atoms with Gasteiger partial charge in [0.05, 0.1) is 0 Å². The first-order valence-corrected chi connectivity index (χ1v) is 8.71. The Balaban J connectivity index is 1.83. The van der Waals surface area contributed by atoms with E-state index in [2.05, 4.69) is 15.6 Å². The third kappa shape index (κ3) is 3.96. The average molecular weight is 341 g/mol. The second-order valence-electron chi connectivity index (χ2n) is 6.36. The third-order valence-electron chi connectivity index (χ3n) is 4.50. The number of rotatable bonds is 4. The fourth-order valence-electron chi connectivity index (χ4n) is 3.13. The highest BCUT2D eigenvalue weighted by Gasteiger charge is 2.22. The van der Waals surface area contributed by atoms with Gasteiger partial charge in [0.2, 0.25) is 0 Å². The Bertz CT molecular complexity index is 823. The molecule has 0 saturated carbocycles. The van der Waals surface area contributed by atoms with E-state index in [0.717, 1.165) is 38.0 Å². The predicted octanol–water partition coefficient (Wildman–Crippen LogP) is 2.62. The largest absolute Gasteiger partial charge is 0.427 e. The number of hydrogen-bond acceptors (Lipinski definition) is 5. The molecule has 1 saturated heterocycles. The molecule has 6 nitrogen and oxygen atoms in total. The van der Waals surface area contributed by atoms with Gasteiger partial charge in [0.15, 0.2) is 0 Å². The summed E-state index contributed by atoms with van der Waals surface area (Å²) in [6, 6.07) is 7.23. The Labute approximate surface area is 146 Å². The zero-order chi connectivity index (χ0) is 17.8. The van der Waals surface area contributed by atoms with Gasteiger partial charge in [-0.3, -0.25) is 4.79 Å². The van der Waals surface area contributed by atoms with Crippen molar-refractivity contribution in [2.45, 2.75) is 39.0 Å². The van der Waals surface area contributed by atoms with Gasteiger partial charge in [-0.05, 0) is 56.5 Å². The number of aryl methyl sites for hydroxylation is 2. The number of nitrogens with zero attached hydrogens (tertiary/aromatic N) is 1. The summed E-state index contributed by atoms with van der Waals surface area (Å²) in [5, 5.41) is 5.99. The van der Waals surface area contributed by atoms with E-state index in [1.54, 1.807) is 13.0 Å². The van der Waals surface area contributed by atoms with Crippen molar-refractivity contribution in [2.75, 3.05) is 18.4 Å². The van der Waals surface area contributed by atoms with Gasteiger partial charge in [0.1, 0.15) is 17.1 Å². The average Bonchev–Trinajstić information content (AvgIpc) is 2.62. The van der Waals surface area contributed by atoms with Crippen molar-refractivity contribution in [1.82, 2.24) is 10.3 Å². The van der Waals surface area contributed by atoms with Crippen molar-refractivity contribution in [3.05, 3.63) is 57.3 Å². The highest BCUT2D eigenvalue weighted by atomic mass is 16.4. The molecule has 2 aromatic rings. The minimum absolute atomic E-state index is 0.0382. The van der Waals surface area contributed by atoms with E-state index < -0.39 is 11.5 Å². The normalized spacial score (nSPS) is 17.3. The lowest BCUT2D eigenvalue weighted by molar-refractivity contribution is 0.102. The zero-order valence-electron chi connectivity index (χ0n) is 14.6. The second-order valence-corrected chi connectivity index (χ2v) is 6.36. The molecular weight excluding hydrogens is 318 g/mol. The fourth-order valence-corrected chi connectivity index (χ4v) is 3.13. The molecule has 25 heavy (non-hydrogen) atoms. The molecule has 0 aromatic carbocycles. The van der Waals surface area contributed by atoms with E-state index in [4.69, 9.17) is 4.42 Å². The van der Waals surface area contributed by atoms with E-state index >= 15 is 0 Å². The number of amides is 1. The first-order valence-electron chi connectivity index (χ1n) is 8.71. The number of carbonyl (C=O) groups is 1. The van der Waals surface area contributed by atoms with Crippen molar-refractivity contribution in [3.8, 4) is 0 Å². The number of anilines is 1. The van der Waals surface area contributed by atoms with Crippen LogP contribution in [0.25, 0.3) is 0 Å². The van der Waals surface area contributed by atoms with Gasteiger partial charge < -0.3 is 15.1 Å². The third-order valence-corrected chi connectivity index (χ3v) is 4.50. The van der Waals surface area contributed by atoms with E-state index in [9.17, 15) is 9.59 Å². The number of nitrogens with one attached hydrogen (secondary N) is 2. The Morgan fingerprint density at radius 1 is 1.44 bits per heavy atom. The molecule has 6 heteroatoms. The molecule has 1 aliphatic heterocycles. The number of carbonyl (C=O) groups excluding carboxylic acids is 1. The quantitative estimate of drug-likeness (QED) is 0.893. The summed E-state index contributed by atoms with van der Waals surface area (Å²) < 4.78 is 5.46. The van der Waals surface area contributed by atoms with Gasteiger partial charge in [-0.2, -0.15) is 0 Å². The van der Waals surface area contributed by atoms with Crippen molar-refractivity contribution < 1.29 is 9.21 Å². The van der Waals surface area contributed by atoms with Crippen LogP contribution >= 0.6 is 0 Å². The fraction of sp³-hybridized carbons (Fsp3) is 0.421. The van der Waals surface area contributed by atoms with Crippen molar-refractivity contribution in [1.29, 1.82) is 0 Å². The van der Waals surface area contributed by atoms with Crippen LogP contribution in [-0.2, 0) is 6.42 Å². The maximum Gasteiger partial charge on any atom is 0.349 e. The standard InChI is InChI=1S/C19H23N3O3/c1-3-14-7-4-8-16(21-14)22-18(23)17-12(2)10-15(25-19(17)24)13-6-5-9-20-11-13/h4,7-8,10,13,20H,3,5-6,9,11H2,1-2H3,(H,21,22,23). The summed E-state index contributed by atoms with van der Waals surface area (Å²) in [5.41, 5.74) is 0.948. The summed E-state index contributed by atoms with van der Waals surface area (Å²) in [7, 11) is 0. The topological polar surface area (TPSA) is 84.2 Å². The minimum atomic E-state index is -0.593. The minimum Gasteiger partial charge on any atom is -0.427 e. The maximum atomic E-state index is 12.5. The zero-order valence-corrected chi connectivity index (χ0v) is 14.6. The summed E-state index contributed by atoms with van der Waals surface area (Å²) >= 11 is 0. The molecule has 0 aliphatic carbocycles. The summed E-state index contributed by atoms with van der Waals surface area (Å²) in [4.78, 5) is 29.2. The number of pyridine rings is 1. The van der Waals surface area contributed by atoms with Crippen LogP contribution in [0.4, 0.5) is 5.82 Å². The molecule has 132 valence electrons. The predicted molar refractivity (Wildman–Crippen MR) is 96.1 cm³/mol. The van der Waals surface area contributed by atoms with Gasteiger partial charge in [0, 0.05) is 18.2 Å². The highest BCUT2D eigenvalue weighted by Crippen LogP contribution is 2.23. The lowest BCUT2D eigenvalue weighted by atomic mass is 9.95.